The average Bonchev–Trinajstić information content (AvgIpc) is 3.01. The topological polar surface area (TPSA) is 89.3 Å². The first-order valence-electron chi connectivity index (χ1n) is 7.26. The molecule has 0 radical (unpaired) electrons. The number of aryl methyl sites for hydroxylation is 1. The third-order valence-corrected chi connectivity index (χ3v) is 3.26. The number of aromatic nitrogens is 2. The molecule has 0 saturated carbocycles. The van der Waals surface area contributed by atoms with Crippen molar-refractivity contribution < 1.29 is 14.1 Å². The Kier molecular flexibility index (Phi) is 4.42. The molecule has 0 aliphatic heterocycles. The molecule has 2 N–H and O–H groups in total. The summed E-state index contributed by atoms with van der Waals surface area (Å²) < 4.78 is 10.0. The van der Waals surface area contributed by atoms with Crippen LogP contribution in [0.1, 0.15) is 16.1 Å². The molecule has 0 saturated heterocycles. The van der Waals surface area contributed by atoms with Crippen molar-refractivity contribution in [3.05, 3.63) is 60.0 Å². The van der Waals surface area contributed by atoms with Crippen LogP contribution in [0.4, 0.5) is 17.3 Å². The van der Waals surface area contributed by atoms with Crippen LogP contribution in [0, 0.1) is 6.92 Å². The molecule has 0 spiro atoms. The number of pyridine rings is 1. The maximum atomic E-state index is 12.2. The minimum Gasteiger partial charge on any atom is -0.497 e. The Morgan fingerprint density at radius 3 is 2.50 bits per heavy atom. The maximum Gasteiger partial charge on any atom is 0.255 e. The highest BCUT2D eigenvalue weighted by Crippen LogP contribution is 2.17. The van der Waals surface area contributed by atoms with Gasteiger partial charge in [-0.25, -0.2) is 4.98 Å². The molecule has 7 nitrogen and oxygen atoms in total. The third-order valence-electron chi connectivity index (χ3n) is 3.26. The number of hydrogen-bond acceptors (Lipinski definition) is 6. The van der Waals surface area contributed by atoms with Crippen LogP contribution in [-0.2, 0) is 0 Å². The number of nitrogens with zero attached hydrogens (tertiary/aromatic N) is 2. The summed E-state index contributed by atoms with van der Waals surface area (Å²) in [4.78, 5) is 16.4. The van der Waals surface area contributed by atoms with E-state index in [1.165, 1.54) is 0 Å². The standard InChI is InChI=1S/C17H16N4O3/c1-11-9-16(21-24-11)20-15-8-5-13(10-18-15)19-17(22)12-3-6-14(23-2)7-4-12/h3-10H,1-2H3,(H,19,22)(H,18,20,21). The van der Waals surface area contributed by atoms with Crippen LogP contribution in [0.2, 0.25) is 0 Å². The SMILES string of the molecule is COc1ccc(C(=O)Nc2ccc(Nc3cc(C)on3)nc2)cc1. The first kappa shape index (κ1) is 15.5. The molecular weight excluding hydrogens is 308 g/mol. The Morgan fingerprint density at radius 1 is 1.12 bits per heavy atom. The second kappa shape index (κ2) is 6.82. The van der Waals surface area contributed by atoms with Crippen molar-refractivity contribution in [2.75, 3.05) is 17.7 Å². The number of carbonyl (C=O) groups is 1. The molecule has 122 valence electrons. The molecule has 0 atom stereocenters. The Balaban J connectivity index is 1.63. The van der Waals surface area contributed by atoms with Crippen molar-refractivity contribution in [2.45, 2.75) is 6.92 Å². The summed E-state index contributed by atoms with van der Waals surface area (Å²) in [6.07, 6.45) is 1.57. The van der Waals surface area contributed by atoms with E-state index < -0.39 is 0 Å². The zero-order valence-electron chi connectivity index (χ0n) is 13.2. The summed E-state index contributed by atoms with van der Waals surface area (Å²) in [5.41, 5.74) is 1.13. The number of ether oxygens (including phenoxy) is 1. The number of anilines is 3. The van der Waals surface area contributed by atoms with Gasteiger partial charge in [-0.1, -0.05) is 5.16 Å². The summed E-state index contributed by atoms with van der Waals surface area (Å²) >= 11 is 0. The van der Waals surface area contributed by atoms with Crippen LogP contribution in [0.15, 0.2) is 53.2 Å². The van der Waals surface area contributed by atoms with Gasteiger partial charge in [-0.3, -0.25) is 4.79 Å². The Morgan fingerprint density at radius 2 is 1.92 bits per heavy atom. The van der Waals surface area contributed by atoms with E-state index in [1.807, 2.05) is 6.92 Å². The summed E-state index contributed by atoms with van der Waals surface area (Å²) in [5, 5.41) is 9.62. The third kappa shape index (κ3) is 3.70. The van der Waals surface area contributed by atoms with E-state index in [-0.39, 0.29) is 5.91 Å². The van der Waals surface area contributed by atoms with E-state index in [0.29, 0.717) is 34.4 Å². The molecule has 7 heteroatoms. The second-order valence-electron chi connectivity index (χ2n) is 5.06. The number of carbonyl (C=O) groups excluding carboxylic acids is 1. The minimum absolute atomic E-state index is 0.215. The number of methoxy groups -OCH3 is 1. The molecule has 24 heavy (non-hydrogen) atoms. The predicted octanol–water partition coefficient (Wildman–Crippen LogP) is 3.38. The van der Waals surface area contributed by atoms with Crippen molar-refractivity contribution in [3.63, 3.8) is 0 Å². The van der Waals surface area contributed by atoms with Gasteiger partial charge in [0, 0.05) is 11.6 Å². The van der Waals surface area contributed by atoms with Crippen molar-refractivity contribution in [2.24, 2.45) is 0 Å². The van der Waals surface area contributed by atoms with Crippen LogP contribution in [0.3, 0.4) is 0 Å². The maximum absolute atomic E-state index is 12.2. The largest absolute Gasteiger partial charge is 0.497 e. The Labute approximate surface area is 138 Å². The molecule has 2 aromatic heterocycles. The summed E-state index contributed by atoms with van der Waals surface area (Å²) in [7, 11) is 1.58. The number of benzene rings is 1. The van der Waals surface area contributed by atoms with Gasteiger partial charge in [0.1, 0.15) is 17.3 Å². The average molecular weight is 324 g/mol. The molecule has 0 aliphatic rings. The van der Waals surface area contributed by atoms with Gasteiger partial charge in [0.15, 0.2) is 5.82 Å². The van der Waals surface area contributed by atoms with E-state index >= 15 is 0 Å². The van der Waals surface area contributed by atoms with E-state index in [0.717, 1.165) is 0 Å². The number of hydrogen-bond donors (Lipinski definition) is 2. The zero-order valence-corrected chi connectivity index (χ0v) is 13.2. The molecule has 0 unspecified atom stereocenters. The van der Waals surface area contributed by atoms with E-state index in [4.69, 9.17) is 9.26 Å². The number of rotatable bonds is 5. The number of nitrogens with one attached hydrogen (secondary N) is 2. The van der Waals surface area contributed by atoms with Gasteiger partial charge < -0.3 is 19.9 Å². The highest BCUT2D eigenvalue weighted by atomic mass is 16.5. The first-order chi connectivity index (χ1) is 11.6. The normalized spacial score (nSPS) is 10.2. The lowest BCUT2D eigenvalue weighted by Gasteiger charge is -2.07. The van der Waals surface area contributed by atoms with Crippen molar-refractivity contribution >= 4 is 23.2 Å². The van der Waals surface area contributed by atoms with Gasteiger partial charge in [-0.15, -0.1) is 0 Å². The highest BCUT2D eigenvalue weighted by Gasteiger charge is 2.07. The zero-order chi connectivity index (χ0) is 16.9. The lowest BCUT2D eigenvalue weighted by Crippen LogP contribution is -2.12. The monoisotopic (exact) mass is 324 g/mol. The predicted molar refractivity (Wildman–Crippen MR) is 89.7 cm³/mol. The van der Waals surface area contributed by atoms with Gasteiger partial charge >= 0.3 is 0 Å². The van der Waals surface area contributed by atoms with Gasteiger partial charge in [-0.2, -0.15) is 0 Å². The molecule has 0 fully saturated rings. The molecule has 2 heterocycles. The fourth-order valence-electron chi connectivity index (χ4n) is 2.04. The Bertz CT molecular complexity index is 826. The van der Waals surface area contributed by atoms with Crippen molar-refractivity contribution in [3.8, 4) is 5.75 Å². The van der Waals surface area contributed by atoms with Crippen LogP contribution < -0.4 is 15.4 Å². The van der Waals surface area contributed by atoms with Gasteiger partial charge in [0.25, 0.3) is 5.91 Å². The molecule has 0 aliphatic carbocycles. The van der Waals surface area contributed by atoms with Gasteiger partial charge in [0.05, 0.1) is 19.0 Å². The lowest BCUT2D eigenvalue weighted by atomic mass is 10.2. The van der Waals surface area contributed by atoms with E-state index in [2.05, 4.69) is 20.8 Å². The van der Waals surface area contributed by atoms with Crippen LogP contribution in [-0.4, -0.2) is 23.2 Å². The first-order valence-corrected chi connectivity index (χ1v) is 7.26. The summed E-state index contributed by atoms with van der Waals surface area (Å²) in [6.45, 7) is 1.81. The molecule has 3 rings (SSSR count). The van der Waals surface area contributed by atoms with E-state index in [1.54, 1.807) is 55.8 Å². The fourth-order valence-corrected chi connectivity index (χ4v) is 2.04. The van der Waals surface area contributed by atoms with Crippen LogP contribution in [0.5, 0.6) is 5.75 Å². The van der Waals surface area contributed by atoms with Crippen molar-refractivity contribution in [1.82, 2.24) is 10.1 Å². The molecule has 1 aromatic carbocycles. The van der Waals surface area contributed by atoms with Crippen molar-refractivity contribution in [1.29, 1.82) is 0 Å². The Hall–Kier alpha value is -3.35. The van der Waals surface area contributed by atoms with E-state index in [9.17, 15) is 4.79 Å². The smallest absolute Gasteiger partial charge is 0.255 e. The lowest BCUT2D eigenvalue weighted by molar-refractivity contribution is 0.102. The fraction of sp³-hybridized carbons (Fsp3) is 0.118. The molecule has 3 aromatic rings. The highest BCUT2D eigenvalue weighted by molar-refractivity contribution is 6.04. The van der Waals surface area contributed by atoms with Crippen LogP contribution in [0.25, 0.3) is 0 Å². The molecule has 0 bridgehead atoms. The second-order valence-corrected chi connectivity index (χ2v) is 5.06. The summed E-state index contributed by atoms with van der Waals surface area (Å²) in [6, 6.07) is 12.1. The number of amides is 1. The quantitative estimate of drug-likeness (QED) is 0.748. The van der Waals surface area contributed by atoms with Crippen LogP contribution >= 0.6 is 0 Å². The van der Waals surface area contributed by atoms with Gasteiger partial charge in [0.2, 0.25) is 0 Å². The molecular formula is C17H16N4O3. The summed E-state index contributed by atoms with van der Waals surface area (Å²) in [5.74, 6) is 2.38. The molecule has 1 amide bonds. The van der Waals surface area contributed by atoms with Gasteiger partial charge in [-0.05, 0) is 43.3 Å². The minimum atomic E-state index is -0.215.